The van der Waals surface area contributed by atoms with E-state index in [1.807, 2.05) is 13.8 Å². The lowest BCUT2D eigenvalue weighted by Gasteiger charge is -2.28. The monoisotopic (exact) mass is 272 g/mol. The maximum absolute atomic E-state index is 13.0. The van der Waals surface area contributed by atoms with Crippen molar-refractivity contribution in [2.45, 2.75) is 38.7 Å². The van der Waals surface area contributed by atoms with Crippen LogP contribution in [0.4, 0.5) is 4.39 Å². The van der Waals surface area contributed by atoms with Gasteiger partial charge in [-0.25, -0.2) is 4.39 Å². The molecule has 0 spiro atoms. The summed E-state index contributed by atoms with van der Waals surface area (Å²) in [6.45, 7) is 3.84. The van der Waals surface area contributed by atoms with Crippen LogP contribution in [0.3, 0.4) is 0 Å². The Balaban J connectivity index is 2.89. The Labute approximate surface area is 112 Å². The van der Waals surface area contributed by atoms with Gasteiger partial charge in [-0.15, -0.1) is 0 Å². The molecule has 1 rings (SSSR count). The van der Waals surface area contributed by atoms with E-state index in [0.29, 0.717) is 18.4 Å². The molecule has 0 unspecified atom stereocenters. The Bertz CT molecular complexity index is 420. The number of benzene rings is 1. The van der Waals surface area contributed by atoms with E-state index >= 15 is 0 Å². The molecule has 0 heterocycles. The fourth-order valence-electron chi connectivity index (χ4n) is 2.04. The fraction of sp³-hybridized carbons (Fsp3) is 0.500. The molecule has 0 radical (unpaired) electrons. The van der Waals surface area contributed by atoms with E-state index in [1.165, 1.54) is 12.1 Å². The van der Waals surface area contributed by atoms with E-state index in [9.17, 15) is 9.18 Å². The normalized spacial score (nSPS) is 11.6. The zero-order valence-electron chi connectivity index (χ0n) is 10.9. The van der Waals surface area contributed by atoms with E-state index in [4.69, 9.17) is 16.3 Å². The van der Waals surface area contributed by atoms with Gasteiger partial charge in [0.15, 0.2) is 5.78 Å². The number of carbonyl (C=O) groups is 1. The highest BCUT2D eigenvalue weighted by Crippen LogP contribution is 2.24. The average molecular weight is 273 g/mol. The van der Waals surface area contributed by atoms with E-state index in [2.05, 4.69) is 0 Å². The van der Waals surface area contributed by atoms with Crippen molar-refractivity contribution in [1.82, 2.24) is 0 Å². The summed E-state index contributed by atoms with van der Waals surface area (Å²) in [5.74, 6) is -0.477. The first-order chi connectivity index (χ1) is 8.49. The van der Waals surface area contributed by atoms with Gasteiger partial charge in [-0.1, -0.05) is 31.5 Å². The van der Waals surface area contributed by atoms with Crippen LogP contribution in [0.2, 0.25) is 5.02 Å². The quantitative estimate of drug-likeness (QED) is 0.787. The number of hydrogen-bond acceptors (Lipinski definition) is 2. The first kappa shape index (κ1) is 15.1. The highest BCUT2D eigenvalue weighted by atomic mass is 35.5. The second-order valence-electron chi connectivity index (χ2n) is 4.25. The second-order valence-corrected chi connectivity index (χ2v) is 4.66. The highest BCUT2D eigenvalue weighted by molar-refractivity contribution is 6.30. The van der Waals surface area contributed by atoms with Crippen molar-refractivity contribution in [3.8, 4) is 0 Å². The van der Waals surface area contributed by atoms with Gasteiger partial charge in [0.25, 0.3) is 0 Å². The lowest BCUT2D eigenvalue weighted by molar-refractivity contribution is -0.141. The molecule has 0 aliphatic carbocycles. The van der Waals surface area contributed by atoms with Crippen molar-refractivity contribution in [3.63, 3.8) is 0 Å². The first-order valence-corrected chi connectivity index (χ1v) is 6.39. The van der Waals surface area contributed by atoms with Gasteiger partial charge in [-0.05, 0) is 30.5 Å². The molecule has 1 aromatic carbocycles. The van der Waals surface area contributed by atoms with E-state index in [1.54, 1.807) is 13.2 Å². The van der Waals surface area contributed by atoms with E-state index in [-0.39, 0.29) is 17.2 Å². The average Bonchev–Trinajstić information content (AvgIpc) is 2.37. The highest BCUT2D eigenvalue weighted by Gasteiger charge is 2.34. The second kappa shape index (κ2) is 6.30. The van der Waals surface area contributed by atoms with Gasteiger partial charge in [0.2, 0.25) is 0 Å². The van der Waals surface area contributed by atoms with Gasteiger partial charge in [-0.2, -0.15) is 0 Å². The molecule has 0 aromatic heterocycles. The van der Waals surface area contributed by atoms with Gasteiger partial charge in [0.05, 0.1) is 5.02 Å². The number of halogens is 2. The largest absolute Gasteiger partial charge is 0.370 e. The maximum atomic E-state index is 13.0. The maximum Gasteiger partial charge on any atom is 0.168 e. The number of Topliss-reactive ketones (excluding diaryl/α,β-unsaturated/α-hetero) is 1. The van der Waals surface area contributed by atoms with Gasteiger partial charge >= 0.3 is 0 Å². The minimum Gasteiger partial charge on any atom is -0.370 e. The molecule has 0 bridgehead atoms. The minimum atomic E-state index is -0.749. The van der Waals surface area contributed by atoms with Crippen LogP contribution in [0.15, 0.2) is 18.2 Å². The molecule has 2 nitrogen and oxygen atoms in total. The Morgan fingerprint density at radius 3 is 2.44 bits per heavy atom. The molecule has 1 aromatic rings. The van der Waals surface area contributed by atoms with Crippen molar-refractivity contribution >= 4 is 17.4 Å². The predicted octanol–water partition coefficient (Wildman–Crippen LogP) is 3.80. The number of ether oxygens (including phenoxy) is 1. The smallest absolute Gasteiger partial charge is 0.168 e. The lowest BCUT2D eigenvalue weighted by Crippen LogP contribution is -2.40. The number of methoxy groups -OCH3 is 1. The molecule has 0 saturated heterocycles. The molecule has 0 saturated carbocycles. The van der Waals surface area contributed by atoms with Crippen molar-refractivity contribution in [2.75, 3.05) is 7.11 Å². The van der Waals surface area contributed by atoms with Crippen LogP contribution >= 0.6 is 11.6 Å². The number of rotatable bonds is 6. The van der Waals surface area contributed by atoms with Gasteiger partial charge in [0.1, 0.15) is 11.4 Å². The summed E-state index contributed by atoms with van der Waals surface area (Å²) < 4.78 is 18.4. The van der Waals surface area contributed by atoms with Gasteiger partial charge < -0.3 is 4.74 Å². The summed E-state index contributed by atoms with van der Waals surface area (Å²) in [5, 5.41) is 0.0383. The molecule has 0 N–H and O–H groups in total. The van der Waals surface area contributed by atoms with Crippen molar-refractivity contribution in [3.05, 3.63) is 34.6 Å². The number of hydrogen-bond donors (Lipinski definition) is 0. The fourth-order valence-corrected chi connectivity index (χ4v) is 2.25. The third kappa shape index (κ3) is 3.09. The van der Waals surface area contributed by atoms with Crippen molar-refractivity contribution in [1.29, 1.82) is 0 Å². The van der Waals surface area contributed by atoms with Crippen LogP contribution < -0.4 is 0 Å². The summed E-state index contributed by atoms with van der Waals surface area (Å²) in [6, 6.07) is 4.34. The molecule has 0 atom stereocenters. The molecular weight excluding hydrogens is 255 g/mol. The van der Waals surface area contributed by atoms with E-state index in [0.717, 1.165) is 0 Å². The molecule has 0 aliphatic rings. The van der Waals surface area contributed by atoms with E-state index < -0.39 is 11.4 Å². The van der Waals surface area contributed by atoms with Crippen LogP contribution in [-0.2, 0) is 16.0 Å². The van der Waals surface area contributed by atoms with Gasteiger partial charge in [-0.3, -0.25) is 4.79 Å². The summed E-state index contributed by atoms with van der Waals surface area (Å²) in [7, 11) is 1.54. The standard InChI is InChI=1S/C14H18ClFO2/c1-4-14(5-2,18-3)13(17)9-10-6-7-12(16)11(15)8-10/h6-8H,4-5,9H2,1-3H3. The van der Waals surface area contributed by atoms with Crippen molar-refractivity contribution < 1.29 is 13.9 Å². The molecule has 4 heteroatoms. The van der Waals surface area contributed by atoms with Crippen LogP contribution in [0.1, 0.15) is 32.3 Å². The Morgan fingerprint density at radius 1 is 1.39 bits per heavy atom. The third-order valence-corrected chi connectivity index (χ3v) is 3.68. The van der Waals surface area contributed by atoms with Crippen LogP contribution in [0, 0.1) is 5.82 Å². The minimum absolute atomic E-state index is 0.00215. The summed E-state index contributed by atoms with van der Waals surface area (Å²) >= 11 is 5.70. The molecule has 0 fully saturated rings. The lowest BCUT2D eigenvalue weighted by atomic mass is 9.88. The summed E-state index contributed by atoms with van der Waals surface area (Å²) in [6.07, 6.45) is 1.44. The number of carbonyl (C=O) groups excluding carboxylic acids is 1. The zero-order valence-corrected chi connectivity index (χ0v) is 11.7. The third-order valence-electron chi connectivity index (χ3n) is 3.39. The summed E-state index contributed by atoms with van der Waals surface area (Å²) in [4.78, 5) is 12.3. The molecular formula is C14H18ClFO2. The Morgan fingerprint density at radius 2 is 2.00 bits per heavy atom. The SMILES string of the molecule is CCC(CC)(OC)C(=O)Cc1ccc(F)c(Cl)c1. The Kier molecular flexibility index (Phi) is 5.29. The van der Waals surface area contributed by atoms with Crippen LogP contribution in [0.25, 0.3) is 0 Å². The first-order valence-electron chi connectivity index (χ1n) is 6.01. The molecule has 0 aliphatic heterocycles. The predicted molar refractivity (Wildman–Crippen MR) is 70.4 cm³/mol. The number of ketones is 1. The molecule has 100 valence electrons. The van der Waals surface area contributed by atoms with Gasteiger partial charge in [0, 0.05) is 13.5 Å². The Hall–Kier alpha value is -0.930. The molecule has 18 heavy (non-hydrogen) atoms. The van der Waals surface area contributed by atoms with Crippen LogP contribution in [-0.4, -0.2) is 18.5 Å². The summed E-state index contributed by atoms with van der Waals surface area (Å²) in [5.41, 5.74) is -0.0457. The molecule has 0 amide bonds. The zero-order chi connectivity index (χ0) is 13.8. The topological polar surface area (TPSA) is 26.3 Å². The van der Waals surface area contributed by atoms with Crippen molar-refractivity contribution in [2.24, 2.45) is 0 Å². The van der Waals surface area contributed by atoms with Crippen LogP contribution in [0.5, 0.6) is 0 Å².